The van der Waals surface area contributed by atoms with Crippen LogP contribution in [0.1, 0.15) is 11.1 Å². The summed E-state index contributed by atoms with van der Waals surface area (Å²) in [5.74, 6) is -1.73. The van der Waals surface area contributed by atoms with Crippen LogP contribution in [0.4, 0.5) is 8.78 Å². The number of esters is 1. The number of halogens is 2. The molecule has 3 aromatic carbocycles. The number of carbonyl (C=O) groups is 1. The molecular weight excluding hydrogens is 428 g/mol. The van der Waals surface area contributed by atoms with E-state index in [-0.39, 0.29) is 22.2 Å². The second-order valence-electron chi connectivity index (χ2n) is 6.41. The molecule has 0 radical (unpaired) electrons. The predicted octanol–water partition coefficient (Wildman–Crippen LogP) is 4.08. The first-order valence-electron chi connectivity index (χ1n) is 8.89. The first kappa shape index (κ1) is 20.4. The predicted molar refractivity (Wildman–Crippen MR) is 108 cm³/mol. The summed E-state index contributed by atoms with van der Waals surface area (Å²) < 4.78 is 61.0. The van der Waals surface area contributed by atoms with Crippen molar-refractivity contribution in [3.8, 4) is 5.75 Å². The first-order chi connectivity index (χ1) is 14.8. The van der Waals surface area contributed by atoms with Crippen molar-refractivity contribution >= 4 is 28.1 Å². The van der Waals surface area contributed by atoms with Gasteiger partial charge in [-0.3, -0.25) is 0 Å². The third kappa shape index (κ3) is 4.67. The van der Waals surface area contributed by atoms with E-state index in [9.17, 15) is 22.0 Å². The Morgan fingerprint density at radius 1 is 0.903 bits per heavy atom. The fourth-order valence-electron chi connectivity index (χ4n) is 2.71. The SMILES string of the molecule is O=C1OC(c2cccc(F)c2)=N/C1=C\c1ccc(OS(=O)(=O)c2ccc(F)cc2)cc1. The van der Waals surface area contributed by atoms with Gasteiger partial charge in [-0.05, 0) is 66.2 Å². The molecule has 0 bridgehead atoms. The maximum atomic E-state index is 13.4. The minimum Gasteiger partial charge on any atom is -0.402 e. The number of hydrogen-bond donors (Lipinski definition) is 0. The van der Waals surface area contributed by atoms with Gasteiger partial charge < -0.3 is 8.92 Å². The zero-order valence-electron chi connectivity index (χ0n) is 15.7. The average Bonchev–Trinajstić information content (AvgIpc) is 3.10. The minimum atomic E-state index is -4.12. The molecule has 0 amide bonds. The highest BCUT2D eigenvalue weighted by Gasteiger charge is 2.24. The van der Waals surface area contributed by atoms with Crippen LogP contribution in [-0.4, -0.2) is 20.3 Å². The van der Waals surface area contributed by atoms with Gasteiger partial charge in [-0.15, -0.1) is 0 Å². The van der Waals surface area contributed by atoms with E-state index in [0.29, 0.717) is 11.1 Å². The highest BCUT2D eigenvalue weighted by atomic mass is 32.2. The maximum Gasteiger partial charge on any atom is 0.363 e. The minimum absolute atomic E-state index is 0.00635. The van der Waals surface area contributed by atoms with Crippen LogP contribution >= 0.6 is 0 Å². The maximum absolute atomic E-state index is 13.4. The van der Waals surface area contributed by atoms with Crippen molar-refractivity contribution in [3.05, 3.63) is 101 Å². The van der Waals surface area contributed by atoms with Crippen molar-refractivity contribution in [1.82, 2.24) is 0 Å². The zero-order chi connectivity index (χ0) is 22.0. The lowest BCUT2D eigenvalue weighted by Crippen LogP contribution is -2.09. The molecule has 0 unspecified atom stereocenters. The molecule has 9 heteroatoms. The van der Waals surface area contributed by atoms with Crippen LogP contribution in [0.15, 0.2) is 88.4 Å². The molecule has 0 spiro atoms. The number of carbonyl (C=O) groups excluding carboxylic acids is 1. The second kappa shape index (κ2) is 8.11. The summed E-state index contributed by atoms with van der Waals surface area (Å²) in [6.45, 7) is 0. The van der Waals surface area contributed by atoms with E-state index in [2.05, 4.69) is 4.99 Å². The van der Waals surface area contributed by atoms with Crippen molar-refractivity contribution in [2.24, 2.45) is 4.99 Å². The Morgan fingerprint density at radius 2 is 1.61 bits per heavy atom. The lowest BCUT2D eigenvalue weighted by Gasteiger charge is -2.07. The first-order valence-corrected chi connectivity index (χ1v) is 10.3. The molecular formula is C22H13F2NO5S. The van der Waals surface area contributed by atoms with Crippen LogP contribution in [0.25, 0.3) is 6.08 Å². The standard InChI is InChI=1S/C22H13F2NO5S/c23-16-6-10-19(11-7-16)31(27,28)30-18-8-4-14(5-9-18)12-20-22(26)29-21(25-20)15-2-1-3-17(24)13-15/h1-13H/b20-12-. The van der Waals surface area contributed by atoms with E-state index in [1.807, 2.05) is 0 Å². The van der Waals surface area contributed by atoms with Crippen molar-refractivity contribution < 1.29 is 30.9 Å². The third-order valence-electron chi connectivity index (χ3n) is 4.18. The average molecular weight is 441 g/mol. The van der Waals surface area contributed by atoms with Gasteiger partial charge in [-0.1, -0.05) is 18.2 Å². The number of cyclic esters (lactones) is 1. The fraction of sp³-hybridized carbons (Fsp3) is 0. The van der Waals surface area contributed by atoms with Crippen LogP contribution in [0, 0.1) is 11.6 Å². The molecule has 6 nitrogen and oxygen atoms in total. The Kier molecular flexibility index (Phi) is 5.35. The number of hydrogen-bond acceptors (Lipinski definition) is 6. The van der Waals surface area contributed by atoms with E-state index in [4.69, 9.17) is 8.92 Å². The fourth-order valence-corrected chi connectivity index (χ4v) is 3.64. The van der Waals surface area contributed by atoms with Gasteiger partial charge in [0, 0.05) is 5.56 Å². The quantitative estimate of drug-likeness (QED) is 0.339. The third-order valence-corrected chi connectivity index (χ3v) is 5.45. The number of benzene rings is 3. The van der Waals surface area contributed by atoms with Crippen LogP contribution < -0.4 is 4.18 Å². The number of rotatable bonds is 5. The van der Waals surface area contributed by atoms with Crippen LogP contribution in [0.2, 0.25) is 0 Å². The molecule has 0 fully saturated rings. The van der Waals surface area contributed by atoms with Crippen LogP contribution in [-0.2, 0) is 19.6 Å². The summed E-state index contributed by atoms with van der Waals surface area (Å²) in [6, 6.07) is 15.6. The van der Waals surface area contributed by atoms with E-state index in [1.165, 1.54) is 48.5 Å². The Labute approximate surface area is 176 Å². The lowest BCUT2D eigenvalue weighted by atomic mass is 10.2. The second-order valence-corrected chi connectivity index (χ2v) is 7.95. The Morgan fingerprint density at radius 3 is 2.29 bits per heavy atom. The molecule has 0 saturated heterocycles. The molecule has 0 atom stereocenters. The van der Waals surface area contributed by atoms with E-state index in [0.717, 1.165) is 24.3 Å². The lowest BCUT2D eigenvalue weighted by molar-refractivity contribution is -0.129. The van der Waals surface area contributed by atoms with Gasteiger partial charge in [0.1, 0.15) is 22.3 Å². The van der Waals surface area contributed by atoms with Crippen molar-refractivity contribution in [3.63, 3.8) is 0 Å². The van der Waals surface area contributed by atoms with Gasteiger partial charge in [-0.25, -0.2) is 18.6 Å². The largest absolute Gasteiger partial charge is 0.402 e. The summed E-state index contributed by atoms with van der Waals surface area (Å²) in [6.07, 6.45) is 1.44. The molecule has 156 valence electrons. The van der Waals surface area contributed by atoms with Gasteiger partial charge in [-0.2, -0.15) is 8.42 Å². The molecule has 1 heterocycles. The van der Waals surface area contributed by atoms with Gasteiger partial charge in [0.15, 0.2) is 5.70 Å². The van der Waals surface area contributed by atoms with E-state index < -0.39 is 27.7 Å². The molecule has 1 aliphatic heterocycles. The highest BCUT2D eigenvalue weighted by Crippen LogP contribution is 2.23. The van der Waals surface area contributed by atoms with Crippen molar-refractivity contribution in [1.29, 1.82) is 0 Å². The molecule has 1 aliphatic rings. The van der Waals surface area contributed by atoms with Gasteiger partial charge in [0.25, 0.3) is 0 Å². The highest BCUT2D eigenvalue weighted by molar-refractivity contribution is 7.87. The molecule has 0 N–H and O–H groups in total. The van der Waals surface area contributed by atoms with E-state index >= 15 is 0 Å². The molecule has 0 saturated carbocycles. The van der Waals surface area contributed by atoms with Gasteiger partial charge >= 0.3 is 16.1 Å². The molecule has 0 aliphatic carbocycles. The Balaban J connectivity index is 1.52. The summed E-state index contributed by atoms with van der Waals surface area (Å²) in [5.41, 5.74) is 0.862. The topological polar surface area (TPSA) is 82.0 Å². The van der Waals surface area contributed by atoms with Gasteiger partial charge in [0.2, 0.25) is 5.90 Å². The van der Waals surface area contributed by atoms with Crippen molar-refractivity contribution in [2.75, 3.05) is 0 Å². The Bertz CT molecular complexity index is 1310. The monoisotopic (exact) mass is 441 g/mol. The van der Waals surface area contributed by atoms with Crippen LogP contribution in [0.3, 0.4) is 0 Å². The number of nitrogens with zero attached hydrogens (tertiary/aromatic N) is 1. The Hall–Kier alpha value is -3.85. The summed E-state index contributed by atoms with van der Waals surface area (Å²) in [7, 11) is -4.12. The molecule has 4 rings (SSSR count). The normalized spacial score (nSPS) is 15.0. The summed E-state index contributed by atoms with van der Waals surface area (Å²) >= 11 is 0. The molecule has 3 aromatic rings. The summed E-state index contributed by atoms with van der Waals surface area (Å²) in [5, 5.41) is 0. The summed E-state index contributed by atoms with van der Waals surface area (Å²) in [4.78, 5) is 16.0. The zero-order valence-corrected chi connectivity index (χ0v) is 16.5. The van der Waals surface area contributed by atoms with E-state index in [1.54, 1.807) is 6.07 Å². The van der Waals surface area contributed by atoms with Crippen molar-refractivity contribution in [2.45, 2.75) is 4.90 Å². The number of aliphatic imine (C=N–C) groups is 1. The smallest absolute Gasteiger partial charge is 0.363 e. The molecule has 31 heavy (non-hydrogen) atoms. The van der Waals surface area contributed by atoms with Gasteiger partial charge in [0.05, 0.1) is 0 Å². The number of ether oxygens (including phenoxy) is 1. The van der Waals surface area contributed by atoms with Crippen LogP contribution in [0.5, 0.6) is 5.75 Å². The molecule has 0 aromatic heterocycles.